The molecule has 0 unspecified atom stereocenters. The number of rotatable bonds is 3. The van der Waals surface area contributed by atoms with Gasteiger partial charge >= 0.3 is 0 Å². The number of alkyl halides is 1. The number of hydrogen-bond donors (Lipinski definition) is 0. The highest BCUT2D eigenvalue weighted by Crippen LogP contribution is 2.50. The third-order valence-electron chi connectivity index (χ3n) is 5.35. The van der Waals surface area contributed by atoms with Gasteiger partial charge in [-0.1, -0.05) is 38.5 Å². The van der Waals surface area contributed by atoms with Gasteiger partial charge in [-0.2, -0.15) is 0 Å². The van der Waals surface area contributed by atoms with Crippen molar-refractivity contribution in [3.8, 4) is 5.75 Å². The van der Waals surface area contributed by atoms with Gasteiger partial charge < -0.3 is 14.4 Å². The Balaban J connectivity index is 1.51. The smallest absolute Gasteiger partial charge is 0.265 e. The summed E-state index contributed by atoms with van der Waals surface area (Å²) in [5, 5.41) is 0. The van der Waals surface area contributed by atoms with Crippen molar-refractivity contribution in [1.29, 1.82) is 0 Å². The van der Waals surface area contributed by atoms with Crippen LogP contribution in [0.2, 0.25) is 0 Å². The molecule has 2 saturated heterocycles. The van der Waals surface area contributed by atoms with Crippen molar-refractivity contribution in [3.63, 3.8) is 0 Å². The molecule has 3 aliphatic heterocycles. The van der Waals surface area contributed by atoms with E-state index in [-0.39, 0.29) is 18.1 Å². The monoisotopic (exact) mass is 491 g/mol. The van der Waals surface area contributed by atoms with Crippen molar-refractivity contribution in [2.24, 2.45) is 0 Å². The van der Waals surface area contributed by atoms with Crippen molar-refractivity contribution in [1.82, 2.24) is 0 Å². The predicted molar refractivity (Wildman–Crippen MR) is 101 cm³/mol. The summed E-state index contributed by atoms with van der Waals surface area (Å²) in [6, 6.07) is 5.82. The van der Waals surface area contributed by atoms with Gasteiger partial charge in [-0.3, -0.25) is 4.79 Å². The van der Waals surface area contributed by atoms with Gasteiger partial charge in [-0.25, -0.2) is 0 Å². The van der Waals surface area contributed by atoms with Crippen LogP contribution in [0.15, 0.2) is 22.7 Å². The van der Waals surface area contributed by atoms with Gasteiger partial charge in [0.05, 0.1) is 17.9 Å². The minimum absolute atomic E-state index is 0.0295. The molecule has 1 aliphatic carbocycles. The normalized spacial score (nSPS) is 32.6. The summed E-state index contributed by atoms with van der Waals surface area (Å²) in [6.45, 7) is 1.67. The lowest BCUT2D eigenvalue weighted by Gasteiger charge is -2.51. The van der Waals surface area contributed by atoms with E-state index in [0.29, 0.717) is 9.97 Å². The Kier molecular flexibility index (Phi) is 4.13. The first kappa shape index (κ1) is 16.1. The van der Waals surface area contributed by atoms with E-state index in [0.717, 1.165) is 41.8 Å². The lowest BCUT2D eigenvalue weighted by Crippen LogP contribution is -2.53. The van der Waals surface area contributed by atoms with Crippen molar-refractivity contribution < 1.29 is 14.3 Å². The van der Waals surface area contributed by atoms with Crippen LogP contribution < -0.4 is 9.64 Å². The van der Waals surface area contributed by atoms with Crippen LogP contribution >= 0.6 is 38.5 Å². The molecule has 0 radical (unpaired) electrons. The molecule has 0 N–H and O–H groups in total. The van der Waals surface area contributed by atoms with Crippen molar-refractivity contribution in [3.05, 3.63) is 22.7 Å². The second-order valence-electron chi connectivity index (χ2n) is 6.82. The van der Waals surface area contributed by atoms with Crippen LogP contribution in [0.3, 0.4) is 0 Å². The molecule has 3 heterocycles. The standard InChI is InChI=1S/C17H19BrINO3/c18-12-1-2-14-13(9-12)20(15(21)10-22-14)8-7-17-5-3-16(19,4-6-17)11-23-17/h1-2,9H,3-8,10-11H2. The summed E-state index contributed by atoms with van der Waals surface area (Å²) in [4.78, 5) is 14.2. The van der Waals surface area contributed by atoms with Gasteiger partial charge in [-0.15, -0.1) is 0 Å². The summed E-state index contributed by atoms with van der Waals surface area (Å²) in [5.41, 5.74) is 0.833. The minimum Gasteiger partial charge on any atom is -0.482 e. The highest BCUT2D eigenvalue weighted by molar-refractivity contribution is 14.1. The Hall–Kier alpha value is -0.340. The van der Waals surface area contributed by atoms with Gasteiger partial charge in [0.1, 0.15) is 5.75 Å². The number of anilines is 1. The number of hydrogen-bond acceptors (Lipinski definition) is 3. The lowest BCUT2D eigenvalue weighted by molar-refractivity contribution is -0.133. The molecule has 1 saturated carbocycles. The van der Waals surface area contributed by atoms with Crippen LogP contribution in [-0.4, -0.2) is 34.7 Å². The molecule has 2 bridgehead atoms. The quantitative estimate of drug-likeness (QED) is 0.472. The van der Waals surface area contributed by atoms with E-state index in [4.69, 9.17) is 9.47 Å². The molecule has 0 aromatic heterocycles. The first-order chi connectivity index (χ1) is 11.0. The Labute approximate surface area is 158 Å². The Morgan fingerprint density at radius 3 is 2.74 bits per heavy atom. The van der Waals surface area contributed by atoms with E-state index in [1.54, 1.807) is 0 Å². The largest absolute Gasteiger partial charge is 0.482 e. The van der Waals surface area contributed by atoms with E-state index in [9.17, 15) is 4.79 Å². The number of benzene rings is 1. The van der Waals surface area contributed by atoms with Crippen LogP contribution in [0.25, 0.3) is 0 Å². The van der Waals surface area contributed by atoms with Crippen molar-refractivity contribution in [2.75, 3.05) is 24.7 Å². The molecule has 3 fully saturated rings. The fourth-order valence-electron chi connectivity index (χ4n) is 3.78. The van der Waals surface area contributed by atoms with Crippen molar-refractivity contribution >= 4 is 50.1 Å². The first-order valence-electron chi connectivity index (χ1n) is 8.04. The van der Waals surface area contributed by atoms with Gasteiger partial charge in [-0.05, 0) is 50.3 Å². The van der Waals surface area contributed by atoms with Crippen LogP contribution in [0.4, 0.5) is 5.69 Å². The number of halogens is 2. The van der Waals surface area contributed by atoms with Gasteiger partial charge in [0.15, 0.2) is 6.61 Å². The molecule has 1 aromatic carbocycles. The molecular formula is C17H19BrINO3. The van der Waals surface area contributed by atoms with E-state index in [1.807, 2.05) is 23.1 Å². The fourth-order valence-corrected chi connectivity index (χ4v) is 4.83. The third-order valence-corrected chi connectivity index (χ3v) is 7.23. The molecule has 0 atom stereocenters. The lowest BCUT2D eigenvalue weighted by atomic mass is 9.74. The maximum atomic E-state index is 12.3. The van der Waals surface area contributed by atoms with Crippen LogP contribution in [0.1, 0.15) is 32.1 Å². The van der Waals surface area contributed by atoms with Crippen LogP contribution in [0.5, 0.6) is 5.75 Å². The summed E-state index contributed by atoms with van der Waals surface area (Å²) in [7, 11) is 0. The summed E-state index contributed by atoms with van der Waals surface area (Å²) in [5.74, 6) is 0.812. The van der Waals surface area contributed by atoms with Crippen LogP contribution in [0, 0.1) is 0 Å². The number of amides is 1. The maximum Gasteiger partial charge on any atom is 0.265 e. The number of nitrogens with zero attached hydrogens (tertiary/aromatic N) is 1. The topological polar surface area (TPSA) is 38.8 Å². The predicted octanol–water partition coefficient (Wildman–Crippen LogP) is 4.08. The highest BCUT2D eigenvalue weighted by Gasteiger charge is 2.48. The van der Waals surface area contributed by atoms with Gasteiger partial charge in [0, 0.05) is 14.4 Å². The molecule has 23 heavy (non-hydrogen) atoms. The van der Waals surface area contributed by atoms with Gasteiger partial charge in [0.25, 0.3) is 5.91 Å². The third kappa shape index (κ3) is 3.02. The molecule has 0 spiro atoms. The van der Waals surface area contributed by atoms with E-state index >= 15 is 0 Å². The van der Waals surface area contributed by atoms with E-state index in [2.05, 4.69) is 38.5 Å². The summed E-state index contributed by atoms with van der Waals surface area (Å²) >= 11 is 6.05. The highest BCUT2D eigenvalue weighted by atomic mass is 127. The van der Waals surface area contributed by atoms with Gasteiger partial charge in [0.2, 0.25) is 0 Å². The number of fused-ring (bicyclic) bond motifs is 4. The average molecular weight is 492 g/mol. The zero-order valence-corrected chi connectivity index (χ0v) is 16.6. The molecule has 4 nitrogen and oxygen atoms in total. The zero-order valence-electron chi connectivity index (χ0n) is 12.8. The summed E-state index contributed by atoms with van der Waals surface area (Å²) < 4.78 is 13.1. The second kappa shape index (κ2) is 5.88. The Morgan fingerprint density at radius 1 is 1.26 bits per heavy atom. The van der Waals surface area contributed by atoms with Crippen molar-refractivity contribution in [2.45, 2.75) is 41.1 Å². The molecule has 1 aromatic rings. The Morgan fingerprint density at radius 2 is 2.04 bits per heavy atom. The number of ether oxygens (including phenoxy) is 2. The molecule has 5 rings (SSSR count). The Bertz CT molecular complexity index is 626. The van der Waals surface area contributed by atoms with E-state index in [1.165, 1.54) is 12.8 Å². The second-order valence-corrected chi connectivity index (χ2v) is 10.0. The molecule has 1 amide bonds. The molecule has 6 heteroatoms. The average Bonchev–Trinajstić information content (AvgIpc) is 2.55. The maximum absolute atomic E-state index is 12.3. The SMILES string of the molecule is O=C1COc2ccc(Br)cc2N1CCC12CCC(I)(CC1)CO2. The fraction of sp³-hybridized carbons (Fsp3) is 0.588. The first-order valence-corrected chi connectivity index (χ1v) is 9.92. The van der Waals surface area contributed by atoms with Crippen LogP contribution in [-0.2, 0) is 9.53 Å². The molecule has 4 aliphatic rings. The zero-order chi connectivity index (χ0) is 16.1. The van der Waals surface area contributed by atoms with E-state index < -0.39 is 0 Å². The minimum atomic E-state index is -0.0301. The summed E-state index contributed by atoms with van der Waals surface area (Å²) in [6.07, 6.45) is 5.58. The molecular weight excluding hydrogens is 473 g/mol. The number of carbonyl (C=O) groups excluding carboxylic acids is 1. The number of carbonyl (C=O) groups is 1. The molecule has 124 valence electrons.